The van der Waals surface area contributed by atoms with E-state index >= 15 is 0 Å². The van der Waals surface area contributed by atoms with Crippen molar-refractivity contribution in [1.29, 1.82) is 0 Å². The van der Waals surface area contributed by atoms with Crippen LogP contribution in [0.5, 0.6) is 0 Å². The zero-order chi connectivity index (χ0) is 15.7. The molecule has 1 fully saturated rings. The van der Waals surface area contributed by atoms with E-state index in [1.807, 2.05) is 73.6 Å². The van der Waals surface area contributed by atoms with Gasteiger partial charge in [-0.2, -0.15) is 0 Å². The number of carboxylic acids is 1. The second-order valence-corrected chi connectivity index (χ2v) is 6.22. The van der Waals surface area contributed by atoms with Gasteiger partial charge in [-0.25, -0.2) is 0 Å². The summed E-state index contributed by atoms with van der Waals surface area (Å²) >= 11 is 0. The molecule has 3 heteroatoms. The smallest absolute Gasteiger partial charge is 0.314 e. The van der Waals surface area contributed by atoms with E-state index < -0.39 is 11.4 Å². The van der Waals surface area contributed by atoms with Crippen molar-refractivity contribution in [3.05, 3.63) is 65.7 Å². The van der Waals surface area contributed by atoms with Crippen molar-refractivity contribution in [3.63, 3.8) is 0 Å². The maximum atomic E-state index is 12.1. The Bertz CT molecular complexity index is 664. The Morgan fingerprint density at radius 2 is 1.73 bits per heavy atom. The maximum absolute atomic E-state index is 12.1. The van der Waals surface area contributed by atoms with E-state index in [0.29, 0.717) is 6.42 Å². The van der Waals surface area contributed by atoms with E-state index in [-0.39, 0.29) is 5.92 Å². The van der Waals surface area contributed by atoms with Crippen molar-refractivity contribution in [2.24, 2.45) is 0 Å². The van der Waals surface area contributed by atoms with Gasteiger partial charge in [-0.3, -0.25) is 4.79 Å². The third kappa shape index (κ3) is 2.17. The average molecular weight is 295 g/mol. The molecule has 3 nitrogen and oxygen atoms in total. The summed E-state index contributed by atoms with van der Waals surface area (Å²) in [4.78, 5) is 14.1. The molecule has 3 rings (SSSR count). The second-order valence-electron chi connectivity index (χ2n) is 6.22. The molecule has 0 bridgehead atoms. The Balaban J connectivity index is 2.01. The number of carbonyl (C=O) groups is 1. The van der Waals surface area contributed by atoms with Crippen LogP contribution in [0.2, 0.25) is 0 Å². The van der Waals surface area contributed by atoms with Crippen LogP contribution in [0.1, 0.15) is 29.9 Å². The molecule has 2 aromatic rings. The van der Waals surface area contributed by atoms with Gasteiger partial charge in [0.15, 0.2) is 0 Å². The highest BCUT2D eigenvalue weighted by Crippen LogP contribution is 2.54. The molecule has 1 saturated carbocycles. The van der Waals surface area contributed by atoms with Gasteiger partial charge in [0.1, 0.15) is 0 Å². The summed E-state index contributed by atoms with van der Waals surface area (Å²) in [6.07, 6.45) is 1.62. The zero-order valence-electron chi connectivity index (χ0n) is 13.0. The Morgan fingerprint density at radius 3 is 2.18 bits per heavy atom. The molecule has 114 valence electrons. The second kappa shape index (κ2) is 5.48. The van der Waals surface area contributed by atoms with Crippen molar-refractivity contribution in [1.82, 2.24) is 0 Å². The first-order chi connectivity index (χ1) is 10.6. The summed E-state index contributed by atoms with van der Waals surface area (Å²) in [6.45, 7) is 0. The predicted octanol–water partition coefficient (Wildman–Crippen LogP) is 3.65. The van der Waals surface area contributed by atoms with Gasteiger partial charge >= 0.3 is 5.97 Å². The van der Waals surface area contributed by atoms with Crippen molar-refractivity contribution < 1.29 is 9.90 Å². The number of carboxylic acid groups (broad SMARTS) is 1. The van der Waals surface area contributed by atoms with Crippen LogP contribution in [0.15, 0.2) is 54.6 Å². The lowest BCUT2D eigenvalue weighted by atomic mass is 9.54. The lowest BCUT2D eigenvalue weighted by Gasteiger charge is -2.47. The largest absolute Gasteiger partial charge is 0.481 e. The van der Waals surface area contributed by atoms with E-state index in [0.717, 1.165) is 23.2 Å². The van der Waals surface area contributed by atoms with Crippen LogP contribution in [0.3, 0.4) is 0 Å². The summed E-state index contributed by atoms with van der Waals surface area (Å²) in [5, 5.41) is 9.94. The monoisotopic (exact) mass is 295 g/mol. The van der Waals surface area contributed by atoms with E-state index in [2.05, 4.69) is 0 Å². The SMILES string of the molecule is CN(C)c1ccc(C2(C(=O)O)CCC2c2ccccc2)cc1. The van der Waals surface area contributed by atoms with Gasteiger partial charge < -0.3 is 10.0 Å². The lowest BCUT2D eigenvalue weighted by Crippen LogP contribution is -2.49. The number of rotatable bonds is 4. The number of hydrogen-bond acceptors (Lipinski definition) is 2. The Kier molecular flexibility index (Phi) is 3.65. The number of hydrogen-bond donors (Lipinski definition) is 1. The first kappa shape index (κ1) is 14.6. The highest BCUT2D eigenvalue weighted by Gasteiger charge is 2.54. The van der Waals surface area contributed by atoms with E-state index in [4.69, 9.17) is 0 Å². The summed E-state index contributed by atoms with van der Waals surface area (Å²) < 4.78 is 0. The molecule has 0 aromatic heterocycles. The van der Waals surface area contributed by atoms with Crippen LogP contribution in [-0.2, 0) is 10.2 Å². The van der Waals surface area contributed by atoms with Crippen LogP contribution >= 0.6 is 0 Å². The van der Waals surface area contributed by atoms with Crippen molar-refractivity contribution >= 4 is 11.7 Å². The Morgan fingerprint density at radius 1 is 1.09 bits per heavy atom. The van der Waals surface area contributed by atoms with Crippen molar-refractivity contribution in [2.75, 3.05) is 19.0 Å². The molecule has 22 heavy (non-hydrogen) atoms. The molecule has 1 N–H and O–H groups in total. The molecule has 2 atom stereocenters. The molecular formula is C19H21NO2. The maximum Gasteiger partial charge on any atom is 0.314 e. The summed E-state index contributed by atoms with van der Waals surface area (Å²) in [5.41, 5.74) is 2.32. The van der Waals surface area contributed by atoms with Crippen LogP contribution in [-0.4, -0.2) is 25.2 Å². The predicted molar refractivity (Wildman–Crippen MR) is 88.5 cm³/mol. The quantitative estimate of drug-likeness (QED) is 0.936. The highest BCUT2D eigenvalue weighted by molar-refractivity contribution is 5.85. The Hall–Kier alpha value is -2.29. The zero-order valence-corrected chi connectivity index (χ0v) is 13.0. The third-order valence-electron chi connectivity index (χ3n) is 4.90. The lowest BCUT2D eigenvalue weighted by molar-refractivity contribution is -0.148. The Labute approximate surface area is 131 Å². The first-order valence-corrected chi connectivity index (χ1v) is 7.62. The van der Waals surface area contributed by atoms with Gasteiger partial charge in [0.05, 0.1) is 5.41 Å². The van der Waals surface area contributed by atoms with E-state index in [1.54, 1.807) is 0 Å². The van der Waals surface area contributed by atoms with Crippen LogP contribution in [0.4, 0.5) is 5.69 Å². The average Bonchev–Trinajstić information content (AvgIpc) is 2.48. The summed E-state index contributed by atoms with van der Waals surface area (Å²) in [6, 6.07) is 17.9. The van der Waals surface area contributed by atoms with Crippen molar-refractivity contribution in [3.8, 4) is 0 Å². The fraction of sp³-hybridized carbons (Fsp3) is 0.316. The number of benzene rings is 2. The van der Waals surface area contributed by atoms with E-state index in [1.165, 1.54) is 0 Å². The van der Waals surface area contributed by atoms with Gasteiger partial charge in [-0.05, 0) is 36.1 Å². The summed E-state index contributed by atoms with van der Waals surface area (Å²) in [5.74, 6) is -0.665. The minimum atomic E-state index is -0.786. The fourth-order valence-corrected chi connectivity index (χ4v) is 3.50. The molecule has 1 aliphatic rings. The summed E-state index contributed by atoms with van der Waals surface area (Å²) in [7, 11) is 3.97. The normalized spacial score (nSPS) is 23.6. The van der Waals surface area contributed by atoms with Crippen LogP contribution < -0.4 is 4.90 Å². The fourth-order valence-electron chi connectivity index (χ4n) is 3.50. The van der Waals surface area contributed by atoms with Gasteiger partial charge in [0.25, 0.3) is 0 Å². The standard InChI is InChI=1S/C19H21NO2/c1-20(2)16-10-8-15(9-11-16)19(18(21)22)13-12-17(19)14-6-4-3-5-7-14/h3-11,17H,12-13H2,1-2H3,(H,21,22). The van der Waals surface area contributed by atoms with Gasteiger partial charge in [0.2, 0.25) is 0 Å². The molecule has 2 unspecified atom stereocenters. The molecule has 0 aliphatic heterocycles. The number of aliphatic carboxylic acids is 1. The molecule has 0 amide bonds. The minimum Gasteiger partial charge on any atom is -0.481 e. The number of nitrogens with zero attached hydrogens (tertiary/aromatic N) is 1. The molecule has 2 aromatic carbocycles. The topological polar surface area (TPSA) is 40.5 Å². The van der Waals surface area contributed by atoms with E-state index in [9.17, 15) is 9.90 Å². The van der Waals surface area contributed by atoms with Gasteiger partial charge in [-0.1, -0.05) is 42.5 Å². The molecule has 0 spiro atoms. The molecule has 0 saturated heterocycles. The van der Waals surface area contributed by atoms with Crippen molar-refractivity contribution in [2.45, 2.75) is 24.2 Å². The molecular weight excluding hydrogens is 274 g/mol. The minimum absolute atomic E-state index is 0.0522. The molecule has 0 radical (unpaired) electrons. The van der Waals surface area contributed by atoms with Gasteiger partial charge in [-0.15, -0.1) is 0 Å². The third-order valence-corrected chi connectivity index (χ3v) is 4.90. The molecule has 0 heterocycles. The first-order valence-electron chi connectivity index (χ1n) is 7.62. The molecule has 1 aliphatic carbocycles. The highest BCUT2D eigenvalue weighted by atomic mass is 16.4. The van der Waals surface area contributed by atoms with Gasteiger partial charge in [0, 0.05) is 25.7 Å². The van der Waals surface area contributed by atoms with Crippen LogP contribution in [0, 0.1) is 0 Å². The number of anilines is 1. The van der Waals surface area contributed by atoms with Crippen LogP contribution in [0.25, 0.3) is 0 Å².